The van der Waals surface area contributed by atoms with Crippen LogP contribution in [0.5, 0.6) is 0 Å². The Morgan fingerprint density at radius 1 is 1.00 bits per heavy atom. The van der Waals surface area contributed by atoms with E-state index in [0.717, 1.165) is 0 Å². The van der Waals surface area contributed by atoms with E-state index in [1.807, 2.05) is 0 Å². The highest BCUT2D eigenvalue weighted by Gasteiger charge is 2.14. The van der Waals surface area contributed by atoms with Gasteiger partial charge in [-0.3, -0.25) is 4.79 Å². The Hall–Kier alpha value is -1.31. The molecule has 1 nitrogen and oxygen atoms in total. The molecule has 2 aromatic rings. The van der Waals surface area contributed by atoms with Crippen molar-refractivity contribution in [3.05, 3.63) is 68.7 Å². The van der Waals surface area contributed by atoms with Crippen molar-refractivity contribution in [2.45, 2.75) is 26.7 Å². The number of halogens is 2. The van der Waals surface area contributed by atoms with Crippen LogP contribution >= 0.6 is 23.2 Å². The minimum atomic E-state index is -0.0141. The van der Waals surface area contributed by atoms with Gasteiger partial charge in [-0.05, 0) is 38.0 Å². The third-order valence-corrected chi connectivity index (χ3v) is 3.79. The average Bonchev–Trinajstić information content (AvgIpc) is 2.35. The third kappa shape index (κ3) is 3.62. The van der Waals surface area contributed by atoms with E-state index >= 15 is 0 Å². The van der Waals surface area contributed by atoms with Gasteiger partial charge in [-0.1, -0.05) is 58.6 Å². The minimum Gasteiger partial charge on any atom is -0.294 e. The van der Waals surface area contributed by atoms with E-state index in [0.29, 0.717) is 28.5 Å². The van der Waals surface area contributed by atoms with Crippen molar-refractivity contribution in [1.29, 1.82) is 0 Å². The largest absolute Gasteiger partial charge is 0.294 e. The first kappa shape index (κ1) is 15.1. The first-order chi connectivity index (χ1) is 9.47. The summed E-state index contributed by atoms with van der Waals surface area (Å²) < 4.78 is 0. The summed E-state index contributed by atoms with van der Waals surface area (Å²) in [5, 5.41) is 0.839. The van der Waals surface area contributed by atoms with E-state index in [1.165, 1.54) is 16.7 Å². The lowest BCUT2D eigenvalue weighted by molar-refractivity contribution is 0.0983. The van der Waals surface area contributed by atoms with Crippen LogP contribution in [0.3, 0.4) is 0 Å². The van der Waals surface area contributed by atoms with E-state index in [1.54, 1.807) is 18.2 Å². The SMILES string of the molecule is Cc1cc(C)cc(CCC(=O)c2c(Cl)cccc2Cl)c1. The molecular formula is C17H16Cl2O. The lowest BCUT2D eigenvalue weighted by Gasteiger charge is -2.07. The molecule has 0 heterocycles. The van der Waals surface area contributed by atoms with Crippen LogP contribution in [0.2, 0.25) is 10.0 Å². The molecule has 0 amide bonds. The van der Waals surface area contributed by atoms with Gasteiger partial charge in [0, 0.05) is 6.42 Å². The van der Waals surface area contributed by atoms with Crippen LogP contribution in [-0.2, 0) is 6.42 Å². The predicted molar refractivity (Wildman–Crippen MR) is 85.0 cm³/mol. The van der Waals surface area contributed by atoms with E-state index < -0.39 is 0 Å². The maximum atomic E-state index is 12.3. The Kier molecular flexibility index (Phi) is 4.85. The first-order valence-corrected chi connectivity index (χ1v) is 7.27. The summed E-state index contributed by atoms with van der Waals surface area (Å²) in [5.41, 5.74) is 4.02. The second-order valence-corrected chi connectivity index (χ2v) is 5.83. The van der Waals surface area contributed by atoms with E-state index in [-0.39, 0.29) is 5.78 Å². The van der Waals surface area contributed by atoms with Crippen LogP contribution in [0.15, 0.2) is 36.4 Å². The molecule has 0 aliphatic rings. The Labute approximate surface area is 129 Å². The summed E-state index contributed by atoms with van der Waals surface area (Å²) in [6.07, 6.45) is 1.11. The van der Waals surface area contributed by atoms with Gasteiger partial charge in [0.25, 0.3) is 0 Å². The highest BCUT2D eigenvalue weighted by molar-refractivity contribution is 6.39. The molecule has 0 aromatic heterocycles. The number of rotatable bonds is 4. The van der Waals surface area contributed by atoms with Crippen LogP contribution in [-0.4, -0.2) is 5.78 Å². The van der Waals surface area contributed by atoms with Gasteiger partial charge in [0.15, 0.2) is 5.78 Å². The monoisotopic (exact) mass is 306 g/mol. The number of aryl methyl sites for hydroxylation is 3. The number of benzene rings is 2. The number of carbonyl (C=O) groups excluding carboxylic acids is 1. The fourth-order valence-electron chi connectivity index (χ4n) is 2.36. The molecule has 0 fully saturated rings. The molecule has 0 saturated heterocycles. The van der Waals surface area contributed by atoms with E-state index in [2.05, 4.69) is 32.0 Å². The maximum Gasteiger partial charge on any atom is 0.166 e. The number of hydrogen-bond donors (Lipinski definition) is 0. The quantitative estimate of drug-likeness (QED) is 0.689. The Bertz CT molecular complexity index is 607. The van der Waals surface area contributed by atoms with Crippen molar-refractivity contribution in [2.24, 2.45) is 0 Å². The topological polar surface area (TPSA) is 17.1 Å². The molecule has 0 aliphatic carbocycles. The summed E-state index contributed by atoms with van der Waals surface area (Å²) in [4.78, 5) is 12.3. The van der Waals surface area contributed by atoms with Gasteiger partial charge in [0.2, 0.25) is 0 Å². The zero-order valence-corrected chi connectivity index (χ0v) is 13.1. The van der Waals surface area contributed by atoms with Crippen molar-refractivity contribution in [1.82, 2.24) is 0 Å². The van der Waals surface area contributed by atoms with Gasteiger partial charge >= 0.3 is 0 Å². The van der Waals surface area contributed by atoms with Crippen molar-refractivity contribution >= 4 is 29.0 Å². The van der Waals surface area contributed by atoms with Gasteiger partial charge in [0.1, 0.15) is 0 Å². The van der Waals surface area contributed by atoms with Gasteiger partial charge in [-0.15, -0.1) is 0 Å². The molecule has 0 bridgehead atoms. The van der Waals surface area contributed by atoms with Gasteiger partial charge in [-0.25, -0.2) is 0 Å². The zero-order chi connectivity index (χ0) is 14.7. The van der Waals surface area contributed by atoms with Crippen molar-refractivity contribution in [3.63, 3.8) is 0 Å². The standard InChI is InChI=1S/C17H16Cl2O/c1-11-8-12(2)10-13(9-11)6-7-16(20)17-14(18)4-3-5-15(17)19/h3-5,8-10H,6-7H2,1-2H3. The predicted octanol–water partition coefficient (Wildman–Crippen LogP) is 5.43. The van der Waals surface area contributed by atoms with Gasteiger partial charge < -0.3 is 0 Å². The lowest BCUT2D eigenvalue weighted by Crippen LogP contribution is -2.03. The number of hydrogen-bond acceptors (Lipinski definition) is 1. The molecule has 0 spiro atoms. The molecule has 20 heavy (non-hydrogen) atoms. The van der Waals surface area contributed by atoms with E-state index in [9.17, 15) is 4.79 Å². The second-order valence-electron chi connectivity index (χ2n) is 5.02. The molecule has 0 saturated carbocycles. The molecule has 0 unspecified atom stereocenters. The summed E-state index contributed by atoms with van der Waals surface area (Å²) in [5.74, 6) is -0.0141. The van der Waals surface area contributed by atoms with Crippen molar-refractivity contribution in [3.8, 4) is 0 Å². The summed E-state index contributed by atoms with van der Waals surface area (Å²) in [6, 6.07) is 11.5. The minimum absolute atomic E-state index is 0.0141. The molecule has 0 aliphatic heterocycles. The zero-order valence-electron chi connectivity index (χ0n) is 11.5. The van der Waals surface area contributed by atoms with Crippen molar-refractivity contribution in [2.75, 3.05) is 0 Å². The number of Topliss-reactive ketones (excluding diaryl/α,β-unsaturated/α-hetero) is 1. The maximum absolute atomic E-state index is 12.3. The van der Waals surface area contributed by atoms with E-state index in [4.69, 9.17) is 23.2 Å². The molecule has 3 heteroatoms. The fourth-order valence-corrected chi connectivity index (χ4v) is 2.97. The van der Waals surface area contributed by atoms with Crippen LogP contribution in [0.25, 0.3) is 0 Å². The normalized spacial score (nSPS) is 10.6. The summed E-state index contributed by atoms with van der Waals surface area (Å²) in [7, 11) is 0. The lowest BCUT2D eigenvalue weighted by atomic mass is 10.00. The molecule has 2 rings (SSSR count). The highest BCUT2D eigenvalue weighted by Crippen LogP contribution is 2.26. The van der Waals surface area contributed by atoms with Crippen LogP contribution in [0, 0.1) is 13.8 Å². The Morgan fingerprint density at radius 3 is 2.10 bits per heavy atom. The van der Waals surface area contributed by atoms with Crippen LogP contribution < -0.4 is 0 Å². The summed E-state index contributed by atoms with van der Waals surface area (Å²) in [6.45, 7) is 4.12. The Morgan fingerprint density at radius 2 is 1.55 bits per heavy atom. The molecule has 0 radical (unpaired) electrons. The Balaban J connectivity index is 2.13. The molecule has 2 aromatic carbocycles. The van der Waals surface area contributed by atoms with Gasteiger partial charge in [-0.2, -0.15) is 0 Å². The number of carbonyl (C=O) groups is 1. The highest BCUT2D eigenvalue weighted by atomic mass is 35.5. The van der Waals surface area contributed by atoms with Crippen molar-refractivity contribution < 1.29 is 4.79 Å². The first-order valence-electron chi connectivity index (χ1n) is 6.52. The molecule has 0 atom stereocenters. The van der Waals surface area contributed by atoms with Crippen LogP contribution in [0.4, 0.5) is 0 Å². The second kappa shape index (κ2) is 6.43. The van der Waals surface area contributed by atoms with Crippen LogP contribution in [0.1, 0.15) is 33.5 Å². The average molecular weight is 307 g/mol. The molecular weight excluding hydrogens is 291 g/mol. The fraction of sp³-hybridized carbons (Fsp3) is 0.235. The number of ketones is 1. The smallest absolute Gasteiger partial charge is 0.166 e. The molecule has 0 N–H and O–H groups in total. The summed E-state index contributed by atoms with van der Waals surface area (Å²) >= 11 is 12.1. The third-order valence-electron chi connectivity index (χ3n) is 3.16. The van der Waals surface area contributed by atoms with Gasteiger partial charge in [0.05, 0.1) is 15.6 Å². The molecule has 104 valence electrons.